The van der Waals surface area contributed by atoms with E-state index in [4.69, 9.17) is 11.6 Å². The molecule has 0 radical (unpaired) electrons. The second kappa shape index (κ2) is 8.03. The first-order valence-corrected chi connectivity index (χ1v) is 11.4. The highest BCUT2D eigenvalue weighted by molar-refractivity contribution is 9.10. The van der Waals surface area contributed by atoms with Crippen LogP contribution in [-0.2, 0) is 4.79 Å². The third-order valence-corrected chi connectivity index (χ3v) is 6.99. The Morgan fingerprint density at radius 2 is 1.68 bits per heavy atom. The summed E-state index contributed by atoms with van der Waals surface area (Å²) in [5.74, 6) is -2.07. The largest absolute Gasteiger partial charge is 0.300 e. The highest BCUT2D eigenvalue weighted by Crippen LogP contribution is 2.46. The lowest BCUT2D eigenvalue weighted by Gasteiger charge is -2.49. The summed E-state index contributed by atoms with van der Waals surface area (Å²) in [7, 11) is 0. The van der Waals surface area contributed by atoms with Crippen molar-refractivity contribution in [2.75, 3.05) is 4.90 Å². The van der Waals surface area contributed by atoms with E-state index in [2.05, 4.69) is 15.9 Å². The van der Waals surface area contributed by atoms with Gasteiger partial charge in [0.2, 0.25) is 0 Å². The molecule has 0 N–H and O–H groups in total. The molecule has 0 saturated carbocycles. The van der Waals surface area contributed by atoms with Gasteiger partial charge in [0.25, 0.3) is 23.4 Å². The highest BCUT2D eigenvalue weighted by atomic mass is 79.9. The number of carbonyl (C=O) groups excluding carboxylic acids is 3. The number of benzene rings is 3. The Hall–Kier alpha value is -3.56. The number of nitro benzene ring substituents is 1. The van der Waals surface area contributed by atoms with Crippen molar-refractivity contribution in [1.29, 1.82) is 0 Å². The summed E-state index contributed by atoms with van der Waals surface area (Å²) >= 11 is 9.72. The van der Waals surface area contributed by atoms with Crippen LogP contribution in [0.1, 0.15) is 37.9 Å². The van der Waals surface area contributed by atoms with Crippen LogP contribution in [0.5, 0.6) is 0 Å². The maximum Gasteiger partial charge on any atom is 0.282 e. The monoisotopic (exact) mass is 539 g/mol. The van der Waals surface area contributed by atoms with Crippen LogP contribution in [-0.4, -0.2) is 33.6 Å². The molecule has 2 atom stereocenters. The quantitative estimate of drug-likeness (QED) is 0.199. The molecule has 0 unspecified atom stereocenters. The normalized spacial score (nSPS) is 19.3. The number of nitro groups is 1. The van der Waals surface area contributed by atoms with Gasteiger partial charge in [0, 0.05) is 21.2 Å². The second-order valence-electron chi connectivity index (χ2n) is 8.02. The molecule has 3 aromatic carbocycles. The first kappa shape index (κ1) is 22.2. The zero-order valence-electron chi connectivity index (χ0n) is 17.6. The standard InChI is InChI=1S/C24H15BrClN3O5/c1-12-8-9-15(11-17(12)26)27-20(13-4-2-5-14(25)10-13)21(24(27)32)28-22(30)16-6-3-7-18(29(33)34)19(16)23(28)31/h2-11,20-21H,1H3/t20-,21-/m1/s1. The van der Waals surface area contributed by atoms with Crippen molar-refractivity contribution in [2.45, 2.75) is 19.0 Å². The average Bonchev–Trinajstić information content (AvgIpc) is 3.05. The van der Waals surface area contributed by atoms with Gasteiger partial charge in [-0.15, -0.1) is 0 Å². The highest BCUT2D eigenvalue weighted by Gasteiger charge is 2.58. The van der Waals surface area contributed by atoms with Crippen LogP contribution >= 0.6 is 27.5 Å². The lowest BCUT2D eigenvalue weighted by Crippen LogP contribution is -2.67. The predicted octanol–water partition coefficient (Wildman–Crippen LogP) is 5.07. The summed E-state index contributed by atoms with van der Waals surface area (Å²) in [6, 6.07) is 14.4. The van der Waals surface area contributed by atoms with Crippen LogP contribution in [0.2, 0.25) is 5.02 Å². The van der Waals surface area contributed by atoms with Crippen molar-refractivity contribution < 1.29 is 19.3 Å². The van der Waals surface area contributed by atoms with Gasteiger partial charge in [-0.2, -0.15) is 0 Å². The van der Waals surface area contributed by atoms with E-state index in [1.165, 1.54) is 23.1 Å². The molecule has 3 amide bonds. The molecular weight excluding hydrogens is 526 g/mol. The number of rotatable bonds is 4. The minimum Gasteiger partial charge on any atom is -0.300 e. The van der Waals surface area contributed by atoms with Gasteiger partial charge in [-0.1, -0.05) is 51.8 Å². The van der Waals surface area contributed by atoms with Crippen LogP contribution in [0.25, 0.3) is 0 Å². The minimum absolute atomic E-state index is 0.0863. The zero-order chi connectivity index (χ0) is 24.3. The lowest BCUT2D eigenvalue weighted by atomic mass is 9.86. The molecule has 0 aromatic heterocycles. The van der Waals surface area contributed by atoms with Crippen molar-refractivity contribution in [3.63, 3.8) is 0 Å². The number of carbonyl (C=O) groups is 3. The van der Waals surface area contributed by atoms with Gasteiger partial charge < -0.3 is 4.90 Å². The van der Waals surface area contributed by atoms with E-state index in [-0.39, 0.29) is 11.1 Å². The van der Waals surface area contributed by atoms with Gasteiger partial charge in [-0.05, 0) is 48.4 Å². The molecule has 2 heterocycles. The predicted molar refractivity (Wildman–Crippen MR) is 128 cm³/mol. The van der Waals surface area contributed by atoms with Gasteiger partial charge >= 0.3 is 0 Å². The number of halogens is 2. The van der Waals surface area contributed by atoms with E-state index in [1.807, 2.05) is 13.0 Å². The third-order valence-electron chi connectivity index (χ3n) is 6.09. The SMILES string of the molecule is Cc1ccc(N2C(=O)[C@H](N3C(=O)c4cccc([N+](=O)[O-])c4C3=O)[C@H]2c2cccc(Br)c2)cc1Cl. The van der Waals surface area contributed by atoms with E-state index in [0.717, 1.165) is 14.9 Å². The number of fused-ring (bicyclic) bond motifs is 1. The van der Waals surface area contributed by atoms with Crippen molar-refractivity contribution in [3.05, 3.63) is 103 Å². The molecule has 2 aliphatic rings. The number of hydrogen-bond acceptors (Lipinski definition) is 5. The summed E-state index contributed by atoms with van der Waals surface area (Å²) in [4.78, 5) is 53.1. The Kier molecular flexibility index (Phi) is 5.26. The van der Waals surface area contributed by atoms with Crippen LogP contribution in [0.4, 0.5) is 11.4 Å². The minimum atomic E-state index is -1.17. The maximum atomic E-state index is 13.5. The molecular formula is C24H15BrClN3O5. The third kappa shape index (κ3) is 3.23. The van der Waals surface area contributed by atoms with E-state index in [9.17, 15) is 24.5 Å². The van der Waals surface area contributed by atoms with Crippen molar-refractivity contribution >= 4 is 56.6 Å². The average molecular weight is 541 g/mol. The molecule has 2 aliphatic heterocycles. The van der Waals surface area contributed by atoms with E-state index in [1.54, 1.807) is 36.4 Å². The summed E-state index contributed by atoms with van der Waals surface area (Å²) in [5, 5.41) is 12.0. The lowest BCUT2D eigenvalue weighted by molar-refractivity contribution is -0.385. The van der Waals surface area contributed by atoms with Crippen LogP contribution < -0.4 is 4.90 Å². The zero-order valence-corrected chi connectivity index (χ0v) is 19.9. The molecule has 1 fully saturated rings. The van der Waals surface area contributed by atoms with Gasteiger partial charge in [0.15, 0.2) is 0 Å². The van der Waals surface area contributed by atoms with Gasteiger partial charge in [0.05, 0.1) is 16.5 Å². The van der Waals surface area contributed by atoms with Gasteiger partial charge in [-0.3, -0.25) is 29.4 Å². The molecule has 170 valence electrons. The molecule has 0 aliphatic carbocycles. The molecule has 5 rings (SSSR count). The maximum absolute atomic E-state index is 13.5. The number of anilines is 1. The summed E-state index contributed by atoms with van der Waals surface area (Å²) in [6.07, 6.45) is 0. The summed E-state index contributed by atoms with van der Waals surface area (Å²) in [5.41, 5.74) is 1.19. The van der Waals surface area contributed by atoms with Crippen LogP contribution in [0, 0.1) is 17.0 Å². The second-order valence-corrected chi connectivity index (χ2v) is 9.35. The molecule has 1 saturated heterocycles. The molecule has 0 bridgehead atoms. The molecule has 3 aromatic rings. The topological polar surface area (TPSA) is 101 Å². The first-order valence-electron chi connectivity index (χ1n) is 10.2. The van der Waals surface area contributed by atoms with Crippen LogP contribution in [0.3, 0.4) is 0 Å². The Bertz CT molecular complexity index is 1430. The van der Waals surface area contributed by atoms with Crippen LogP contribution in [0.15, 0.2) is 65.1 Å². The number of hydrogen-bond donors (Lipinski definition) is 0. The Balaban J connectivity index is 1.62. The number of β-lactam (4-membered cyclic amide) rings is 1. The molecule has 34 heavy (non-hydrogen) atoms. The van der Waals surface area contributed by atoms with Crippen molar-refractivity contribution in [1.82, 2.24) is 4.90 Å². The fourth-order valence-corrected chi connectivity index (χ4v) is 5.05. The van der Waals surface area contributed by atoms with Crippen molar-refractivity contribution in [2.24, 2.45) is 0 Å². The van der Waals surface area contributed by atoms with E-state index in [0.29, 0.717) is 16.3 Å². The summed E-state index contributed by atoms with van der Waals surface area (Å²) in [6.45, 7) is 1.84. The first-order chi connectivity index (χ1) is 16.2. The van der Waals surface area contributed by atoms with Crippen molar-refractivity contribution in [3.8, 4) is 0 Å². The fourth-order valence-electron chi connectivity index (χ4n) is 4.46. The Morgan fingerprint density at radius 1 is 0.941 bits per heavy atom. The summed E-state index contributed by atoms with van der Waals surface area (Å²) < 4.78 is 0.753. The van der Waals surface area contributed by atoms with Gasteiger partial charge in [-0.25, -0.2) is 0 Å². The number of imide groups is 1. The number of nitrogens with zero attached hydrogens (tertiary/aromatic N) is 3. The fraction of sp³-hybridized carbons (Fsp3) is 0.125. The number of aryl methyl sites for hydroxylation is 1. The Morgan fingerprint density at radius 3 is 2.35 bits per heavy atom. The molecule has 0 spiro atoms. The number of amides is 3. The molecule has 10 heteroatoms. The molecule has 8 nitrogen and oxygen atoms in total. The smallest absolute Gasteiger partial charge is 0.282 e. The van der Waals surface area contributed by atoms with E-state index >= 15 is 0 Å². The van der Waals surface area contributed by atoms with Gasteiger partial charge in [0.1, 0.15) is 11.6 Å². The Labute approximate surface area is 207 Å². The van der Waals surface area contributed by atoms with E-state index < -0.39 is 40.4 Å².